The van der Waals surface area contributed by atoms with Gasteiger partial charge in [-0.1, -0.05) is 35.5 Å². The zero-order valence-electron chi connectivity index (χ0n) is 16.7. The van der Waals surface area contributed by atoms with Crippen molar-refractivity contribution >= 4 is 11.6 Å². The van der Waals surface area contributed by atoms with E-state index in [1.54, 1.807) is 0 Å². The number of hydrogen-bond acceptors (Lipinski definition) is 5. The van der Waals surface area contributed by atoms with Gasteiger partial charge in [0.2, 0.25) is 6.79 Å². The number of ether oxygens (including phenoxy) is 2. The van der Waals surface area contributed by atoms with Crippen LogP contribution in [0.3, 0.4) is 0 Å². The van der Waals surface area contributed by atoms with Crippen molar-refractivity contribution in [2.75, 3.05) is 26.5 Å². The van der Waals surface area contributed by atoms with Crippen LogP contribution >= 0.6 is 0 Å². The summed E-state index contributed by atoms with van der Waals surface area (Å²) in [6.07, 6.45) is 3.14. The molecule has 1 fully saturated rings. The number of fused-ring (bicyclic) bond motifs is 1. The van der Waals surface area contributed by atoms with Crippen molar-refractivity contribution in [2.24, 2.45) is 11.1 Å². The third-order valence-electron chi connectivity index (χ3n) is 5.51. The summed E-state index contributed by atoms with van der Waals surface area (Å²) in [6.45, 7) is 3.61. The predicted octanol–water partition coefficient (Wildman–Crippen LogP) is 3.64. The van der Waals surface area contributed by atoms with Gasteiger partial charge < -0.3 is 19.2 Å². The van der Waals surface area contributed by atoms with Gasteiger partial charge in [-0.15, -0.1) is 0 Å². The van der Waals surface area contributed by atoms with E-state index in [2.05, 4.69) is 29.4 Å². The Hall–Kier alpha value is -3.02. The molecule has 0 unspecified atom stereocenters. The molecule has 2 aliphatic heterocycles. The molecule has 0 aromatic heterocycles. The molecule has 0 spiro atoms. The highest BCUT2D eigenvalue weighted by molar-refractivity contribution is 5.99. The number of oxime groups is 1. The molecule has 1 amide bonds. The van der Waals surface area contributed by atoms with Crippen LogP contribution in [0, 0.1) is 5.92 Å². The fourth-order valence-corrected chi connectivity index (χ4v) is 3.78. The van der Waals surface area contributed by atoms with Crippen LogP contribution in [0.1, 0.15) is 30.9 Å². The molecule has 1 saturated heterocycles. The van der Waals surface area contributed by atoms with E-state index in [-0.39, 0.29) is 19.3 Å². The molecule has 0 atom stereocenters. The van der Waals surface area contributed by atoms with E-state index in [0.29, 0.717) is 17.4 Å². The Morgan fingerprint density at radius 3 is 2.66 bits per heavy atom. The van der Waals surface area contributed by atoms with Gasteiger partial charge in [0.1, 0.15) is 0 Å². The highest BCUT2D eigenvalue weighted by Gasteiger charge is 2.23. The summed E-state index contributed by atoms with van der Waals surface area (Å²) < 4.78 is 10.7. The minimum atomic E-state index is -0.0365. The minimum Gasteiger partial charge on any atom is -0.454 e. The number of piperidine rings is 1. The molecule has 29 heavy (non-hydrogen) atoms. The zero-order valence-corrected chi connectivity index (χ0v) is 16.7. The van der Waals surface area contributed by atoms with Crippen LogP contribution in [0.15, 0.2) is 53.7 Å². The average molecular weight is 394 g/mol. The lowest BCUT2D eigenvalue weighted by Crippen LogP contribution is -2.40. The molecule has 2 aliphatic rings. The molecule has 0 aliphatic carbocycles. The summed E-state index contributed by atoms with van der Waals surface area (Å²) in [7, 11) is 0. The normalized spacial score (nSPS) is 16.7. The summed E-state index contributed by atoms with van der Waals surface area (Å²) in [5.74, 6) is 2.05. The number of nitrogens with zero attached hydrogens (tertiary/aromatic N) is 2. The number of benzene rings is 2. The number of amides is 1. The van der Waals surface area contributed by atoms with Crippen LogP contribution in [0.25, 0.3) is 0 Å². The van der Waals surface area contributed by atoms with Crippen LogP contribution < -0.4 is 9.47 Å². The molecule has 2 aromatic rings. The maximum absolute atomic E-state index is 12.4. The van der Waals surface area contributed by atoms with E-state index in [1.165, 1.54) is 5.56 Å². The summed E-state index contributed by atoms with van der Waals surface area (Å²) >= 11 is 0. The number of carbonyl (C=O) groups is 1. The van der Waals surface area contributed by atoms with Crippen LogP contribution in [-0.2, 0) is 16.1 Å². The summed E-state index contributed by atoms with van der Waals surface area (Å²) in [6, 6.07) is 16.2. The van der Waals surface area contributed by atoms with Crippen molar-refractivity contribution in [3.63, 3.8) is 0 Å². The van der Waals surface area contributed by atoms with Gasteiger partial charge in [0.15, 0.2) is 18.1 Å². The first kappa shape index (κ1) is 19.3. The van der Waals surface area contributed by atoms with E-state index in [1.807, 2.05) is 36.1 Å². The van der Waals surface area contributed by atoms with Gasteiger partial charge in [0.05, 0.1) is 5.71 Å². The van der Waals surface area contributed by atoms with E-state index >= 15 is 0 Å². The lowest BCUT2D eigenvalue weighted by molar-refractivity contribution is -0.137. The van der Waals surface area contributed by atoms with Crippen molar-refractivity contribution in [1.82, 2.24) is 4.90 Å². The third-order valence-corrected chi connectivity index (χ3v) is 5.51. The Balaban J connectivity index is 1.22. The smallest absolute Gasteiger partial charge is 0.263 e. The Morgan fingerprint density at radius 1 is 1.10 bits per heavy atom. The summed E-state index contributed by atoms with van der Waals surface area (Å²) in [4.78, 5) is 19.6. The Kier molecular flexibility index (Phi) is 5.98. The highest BCUT2D eigenvalue weighted by atomic mass is 16.7. The third kappa shape index (κ3) is 4.88. The van der Waals surface area contributed by atoms with Gasteiger partial charge >= 0.3 is 0 Å². The second-order valence-corrected chi connectivity index (χ2v) is 7.53. The van der Waals surface area contributed by atoms with E-state index in [4.69, 9.17) is 14.3 Å². The van der Waals surface area contributed by atoms with Crippen molar-refractivity contribution in [1.29, 1.82) is 0 Å². The Bertz CT molecular complexity index is 874. The van der Waals surface area contributed by atoms with Crippen LogP contribution in [0.4, 0.5) is 0 Å². The molecular formula is C23H26N2O4. The molecular weight excluding hydrogens is 368 g/mol. The molecule has 152 valence electrons. The molecule has 0 N–H and O–H groups in total. The standard InChI is InChI=1S/C23H26N2O4/c1-17(20-7-8-21-22(14-20)28-16-27-21)24-29-15-23(26)25-11-9-19(10-12-25)13-18-5-3-2-4-6-18/h2-8,14,19H,9-13,15-16H2,1H3/b24-17+. The van der Waals surface area contributed by atoms with E-state index in [9.17, 15) is 4.79 Å². The second-order valence-electron chi connectivity index (χ2n) is 7.53. The molecule has 2 aromatic carbocycles. The largest absolute Gasteiger partial charge is 0.454 e. The monoisotopic (exact) mass is 394 g/mol. The Labute approximate surface area is 171 Å². The lowest BCUT2D eigenvalue weighted by atomic mass is 9.90. The second kappa shape index (κ2) is 8.99. The van der Waals surface area contributed by atoms with Crippen LogP contribution in [0.5, 0.6) is 11.5 Å². The van der Waals surface area contributed by atoms with Crippen molar-refractivity contribution in [3.05, 3.63) is 59.7 Å². The predicted molar refractivity (Wildman–Crippen MR) is 110 cm³/mol. The first-order chi connectivity index (χ1) is 14.2. The fourth-order valence-electron chi connectivity index (χ4n) is 3.78. The topological polar surface area (TPSA) is 60.4 Å². The number of carbonyl (C=O) groups excluding carboxylic acids is 1. The number of likely N-dealkylation sites (tertiary alicyclic amines) is 1. The van der Waals surface area contributed by atoms with Crippen molar-refractivity contribution < 1.29 is 19.1 Å². The molecule has 4 rings (SSSR count). The lowest BCUT2D eigenvalue weighted by Gasteiger charge is -2.31. The Morgan fingerprint density at radius 2 is 1.86 bits per heavy atom. The number of hydrogen-bond donors (Lipinski definition) is 0. The molecule has 2 heterocycles. The zero-order chi connectivity index (χ0) is 20.1. The summed E-state index contributed by atoms with van der Waals surface area (Å²) in [5.41, 5.74) is 2.94. The van der Waals surface area contributed by atoms with Gasteiger partial charge in [-0.2, -0.15) is 0 Å². The van der Waals surface area contributed by atoms with Gasteiger partial charge in [-0.25, -0.2) is 0 Å². The van der Waals surface area contributed by atoms with Crippen LogP contribution in [0.2, 0.25) is 0 Å². The van der Waals surface area contributed by atoms with Gasteiger partial charge in [-0.05, 0) is 55.9 Å². The fraction of sp³-hybridized carbons (Fsp3) is 0.391. The first-order valence-electron chi connectivity index (χ1n) is 10.1. The van der Waals surface area contributed by atoms with E-state index in [0.717, 1.165) is 43.7 Å². The SMILES string of the molecule is C/C(=N\OCC(=O)N1CCC(Cc2ccccc2)CC1)c1ccc2c(c1)OCO2. The van der Waals surface area contributed by atoms with Gasteiger partial charge in [-0.3, -0.25) is 4.79 Å². The van der Waals surface area contributed by atoms with Gasteiger partial charge in [0, 0.05) is 18.7 Å². The molecule has 6 nitrogen and oxygen atoms in total. The molecule has 6 heteroatoms. The van der Waals surface area contributed by atoms with Gasteiger partial charge in [0.25, 0.3) is 5.91 Å². The molecule has 0 bridgehead atoms. The van der Waals surface area contributed by atoms with Crippen molar-refractivity contribution in [2.45, 2.75) is 26.2 Å². The highest BCUT2D eigenvalue weighted by Crippen LogP contribution is 2.32. The molecule has 0 radical (unpaired) electrons. The quantitative estimate of drug-likeness (QED) is 0.554. The number of rotatable bonds is 6. The van der Waals surface area contributed by atoms with Crippen LogP contribution in [-0.4, -0.2) is 43.0 Å². The van der Waals surface area contributed by atoms with Crippen molar-refractivity contribution in [3.8, 4) is 11.5 Å². The van der Waals surface area contributed by atoms with E-state index < -0.39 is 0 Å². The summed E-state index contributed by atoms with van der Waals surface area (Å²) in [5, 5.41) is 4.10. The first-order valence-corrected chi connectivity index (χ1v) is 10.1. The maximum atomic E-state index is 12.4. The molecule has 0 saturated carbocycles. The maximum Gasteiger partial charge on any atom is 0.263 e. The minimum absolute atomic E-state index is 0.00889. The average Bonchev–Trinajstić information content (AvgIpc) is 3.23.